The molecule has 0 amide bonds. The Kier molecular flexibility index (Phi) is 7.99. The molecule has 0 spiro atoms. The van der Waals surface area contributed by atoms with E-state index >= 15 is 0 Å². The fourth-order valence-electron chi connectivity index (χ4n) is 4.70. The zero-order valence-electron chi connectivity index (χ0n) is 20.9. The fourth-order valence-corrected chi connectivity index (χ4v) is 4.70. The summed E-state index contributed by atoms with van der Waals surface area (Å²) in [5, 5.41) is 3.21. The summed E-state index contributed by atoms with van der Waals surface area (Å²) < 4.78 is 21.2. The lowest BCUT2D eigenvalue weighted by Gasteiger charge is -2.38. The number of esters is 3. The molecule has 0 fully saturated rings. The molecule has 1 aromatic carbocycles. The second kappa shape index (κ2) is 10.8. The van der Waals surface area contributed by atoms with Crippen LogP contribution >= 0.6 is 0 Å². The summed E-state index contributed by atoms with van der Waals surface area (Å²) in [6.07, 6.45) is 0.425. The molecule has 9 nitrogen and oxygen atoms in total. The highest BCUT2D eigenvalue weighted by Crippen LogP contribution is 2.46. The van der Waals surface area contributed by atoms with Gasteiger partial charge in [-0.25, -0.2) is 4.79 Å². The largest absolute Gasteiger partial charge is 0.490 e. The smallest absolute Gasteiger partial charge is 0.336 e. The highest BCUT2D eigenvalue weighted by Gasteiger charge is 2.47. The summed E-state index contributed by atoms with van der Waals surface area (Å²) in [4.78, 5) is 50.9. The topological polar surface area (TPSA) is 117 Å². The molecule has 1 aliphatic heterocycles. The number of dihydropyridines is 1. The van der Waals surface area contributed by atoms with E-state index in [1.165, 1.54) is 14.0 Å². The summed E-state index contributed by atoms with van der Waals surface area (Å²) in [7, 11) is 1.25. The van der Waals surface area contributed by atoms with E-state index in [4.69, 9.17) is 18.9 Å². The Hall–Kier alpha value is -3.62. The number of benzene rings is 1. The van der Waals surface area contributed by atoms with Gasteiger partial charge >= 0.3 is 17.9 Å². The molecule has 188 valence electrons. The van der Waals surface area contributed by atoms with Gasteiger partial charge in [0.05, 0.1) is 25.9 Å². The molecule has 2 aliphatic rings. The lowest BCUT2D eigenvalue weighted by Crippen LogP contribution is -2.43. The van der Waals surface area contributed by atoms with Crippen LogP contribution in [0.1, 0.15) is 52.5 Å². The number of carbonyl (C=O) groups is 4. The van der Waals surface area contributed by atoms with Crippen molar-refractivity contribution in [1.82, 2.24) is 5.32 Å². The molecular formula is C26H31NO8. The molecule has 1 heterocycles. The molecule has 35 heavy (non-hydrogen) atoms. The van der Waals surface area contributed by atoms with Crippen LogP contribution in [-0.4, -0.2) is 44.0 Å². The molecule has 1 N–H and O–H groups in total. The van der Waals surface area contributed by atoms with Gasteiger partial charge in [-0.15, -0.1) is 0 Å². The Morgan fingerprint density at radius 3 is 2.43 bits per heavy atom. The zero-order valence-corrected chi connectivity index (χ0v) is 20.9. The second-order valence-corrected chi connectivity index (χ2v) is 8.49. The normalized spacial score (nSPS) is 21.7. The Morgan fingerprint density at radius 2 is 1.83 bits per heavy atom. The van der Waals surface area contributed by atoms with Gasteiger partial charge < -0.3 is 24.3 Å². The third-order valence-corrected chi connectivity index (χ3v) is 6.09. The van der Waals surface area contributed by atoms with Gasteiger partial charge in [0.25, 0.3) is 0 Å². The van der Waals surface area contributed by atoms with E-state index in [9.17, 15) is 19.2 Å². The van der Waals surface area contributed by atoms with E-state index in [-0.39, 0.29) is 23.8 Å². The van der Waals surface area contributed by atoms with Crippen LogP contribution in [0.4, 0.5) is 0 Å². The molecule has 0 bridgehead atoms. The van der Waals surface area contributed by atoms with Crippen LogP contribution < -0.4 is 14.8 Å². The number of carbonyl (C=O) groups excluding carboxylic acids is 4. The van der Waals surface area contributed by atoms with Crippen molar-refractivity contribution in [2.75, 3.05) is 20.3 Å². The minimum absolute atomic E-state index is 0.152. The van der Waals surface area contributed by atoms with Crippen LogP contribution in [-0.2, 0) is 28.7 Å². The first-order valence-corrected chi connectivity index (χ1v) is 11.6. The number of hydrogen-bond donors (Lipinski definition) is 1. The molecule has 1 aliphatic carbocycles. The molecular weight excluding hydrogens is 454 g/mol. The Labute approximate surface area is 204 Å². The monoisotopic (exact) mass is 485 g/mol. The van der Waals surface area contributed by atoms with E-state index in [0.717, 1.165) is 0 Å². The van der Waals surface area contributed by atoms with Crippen LogP contribution in [0.25, 0.3) is 0 Å². The van der Waals surface area contributed by atoms with Gasteiger partial charge in [0.2, 0.25) is 0 Å². The van der Waals surface area contributed by atoms with E-state index < -0.39 is 35.5 Å². The van der Waals surface area contributed by atoms with Gasteiger partial charge in [-0.2, -0.15) is 0 Å². The maximum absolute atomic E-state index is 13.7. The summed E-state index contributed by atoms with van der Waals surface area (Å²) in [6, 6.07) is 4.88. The molecule has 0 saturated carbocycles. The van der Waals surface area contributed by atoms with Crippen molar-refractivity contribution in [1.29, 1.82) is 0 Å². The number of ketones is 1. The van der Waals surface area contributed by atoms with E-state index in [0.29, 0.717) is 41.3 Å². The number of Topliss-reactive ketones (excluding diaryl/α,β-unsaturated/α-hetero) is 1. The van der Waals surface area contributed by atoms with E-state index in [1.54, 1.807) is 39.0 Å². The minimum atomic E-state index is -0.989. The highest BCUT2D eigenvalue weighted by molar-refractivity contribution is 6.12. The third kappa shape index (κ3) is 5.08. The molecule has 9 heteroatoms. The zero-order chi connectivity index (χ0) is 25.9. The van der Waals surface area contributed by atoms with Crippen LogP contribution in [0.15, 0.2) is 40.7 Å². The molecule has 1 aromatic rings. The van der Waals surface area contributed by atoms with Gasteiger partial charge in [-0.3, -0.25) is 14.4 Å². The number of hydrogen-bond acceptors (Lipinski definition) is 9. The molecule has 0 aromatic heterocycles. The van der Waals surface area contributed by atoms with Crippen molar-refractivity contribution < 1.29 is 38.1 Å². The number of methoxy groups -OCH3 is 1. The van der Waals surface area contributed by atoms with Crippen molar-refractivity contribution in [2.24, 2.45) is 11.8 Å². The van der Waals surface area contributed by atoms with Crippen molar-refractivity contribution >= 4 is 23.7 Å². The third-order valence-electron chi connectivity index (χ3n) is 6.09. The highest BCUT2D eigenvalue weighted by atomic mass is 16.6. The van der Waals surface area contributed by atoms with Gasteiger partial charge in [0, 0.05) is 29.8 Å². The first-order valence-electron chi connectivity index (χ1n) is 11.6. The predicted octanol–water partition coefficient (Wildman–Crippen LogP) is 3.19. The molecule has 0 radical (unpaired) electrons. The quantitative estimate of drug-likeness (QED) is 0.353. The molecule has 3 atom stereocenters. The summed E-state index contributed by atoms with van der Waals surface area (Å²) in [5.41, 5.74) is 2.35. The standard InChI is InChI=1S/C26H31NO8/c1-7-33-19-12-16(9-10-18(19)35-15(5)28)22-21(26(31)34-8-2)14(4)27-17-11-13(3)20(25(30)32-6)24(29)23(17)22/h9-10,12-13,20,22,27H,7-8,11H2,1-6H3/t13-,20-,22+/m0/s1. The lowest BCUT2D eigenvalue weighted by molar-refractivity contribution is -0.151. The second-order valence-electron chi connectivity index (χ2n) is 8.49. The predicted molar refractivity (Wildman–Crippen MR) is 125 cm³/mol. The lowest BCUT2D eigenvalue weighted by atomic mass is 9.69. The summed E-state index contributed by atoms with van der Waals surface area (Å²) >= 11 is 0. The fraction of sp³-hybridized carbons (Fsp3) is 0.462. The first kappa shape index (κ1) is 26.0. The van der Waals surface area contributed by atoms with Crippen LogP contribution in [0, 0.1) is 11.8 Å². The van der Waals surface area contributed by atoms with Gasteiger partial charge in [0.15, 0.2) is 17.3 Å². The van der Waals surface area contributed by atoms with Gasteiger partial charge in [0.1, 0.15) is 5.92 Å². The Bertz CT molecular complexity index is 1120. The van der Waals surface area contributed by atoms with Crippen molar-refractivity contribution in [3.63, 3.8) is 0 Å². The summed E-state index contributed by atoms with van der Waals surface area (Å²) in [5.74, 6) is -3.67. The summed E-state index contributed by atoms with van der Waals surface area (Å²) in [6.45, 7) is 8.80. The average molecular weight is 486 g/mol. The van der Waals surface area contributed by atoms with Crippen molar-refractivity contribution in [2.45, 2.75) is 47.0 Å². The van der Waals surface area contributed by atoms with Crippen LogP contribution in [0.3, 0.4) is 0 Å². The van der Waals surface area contributed by atoms with E-state index in [1.807, 2.05) is 6.92 Å². The SMILES string of the molecule is CCOC(=O)C1=C(C)NC2=C(C(=O)[C@@H](C(=O)OC)[C@@H](C)C2)[C@@H]1c1ccc(OC(C)=O)c(OCC)c1. The van der Waals surface area contributed by atoms with E-state index in [2.05, 4.69) is 5.32 Å². The number of ether oxygens (including phenoxy) is 4. The number of rotatable bonds is 7. The number of allylic oxidation sites excluding steroid dienone is 3. The van der Waals surface area contributed by atoms with Crippen molar-refractivity contribution in [3.05, 3.63) is 46.3 Å². The molecule has 0 unspecified atom stereocenters. The Morgan fingerprint density at radius 1 is 1.11 bits per heavy atom. The van der Waals surface area contributed by atoms with Crippen LogP contribution in [0.2, 0.25) is 0 Å². The van der Waals surface area contributed by atoms with Gasteiger partial charge in [-0.1, -0.05) is 13.0 Å². The maximum atomic E-state index is 13.7. The minimum Gasteiger partial charge on any atom is -0.490 e. The molecule has 3 rings (SSSR count). The van der Waals surface area contributed by atoms with Gasteiger partial charge in [-0.05, 0) is 50.8 Å². The first-order chi connectivity index (χ1) is 16.6. The van der Waals surface area contributed by atoms with Crippen molar-refractivity contribution in [3.8, 4) is 11.5 Å². The van der Waals surface area contributed by atoms with Crippen LogP contribution in [0.5, 0.6) is 11.5 Å². The number of nitrogens with one attached hydrogen (secondary N) is 1. The average Bonchev–Trinajstić information content (AvgIpc) is 2.79. The molecule has 0 saturated heterocycles. The Balaban J connectivity index is 2.22. The maximum Gasteiger partial charge on any atom is 0.336 e.